The number of thioether (sulfide) groups is 1. The molecule has 100 valence electrons. The summed E-state index contributed by atoms with van der Waals surface area (Å²) < 4.78 is 5.85. The summed E-state index contributed by atoms with van der Waals surface area (Å²) in [4.78, 5) is 2.69. The summed E-state index contributed by atoms with van der Waals surface area (Å²) in [6, 6.07) is 0.846. The zero-order valence-electron chi connectivity index (χ0n) is 10.8. The molecule has 2 N–H and O–H groups in total. The Morgan fingerprint density at radius 1 is 1.24 bits per heavy atom. The normalized spacial score (nSPS) is 28.4. The van der Waals surface area contributed by atoms with Crippen LogP contribution in [0.4, 0.5) is 0 Å². The van der Waals surface area contributed by atoms with Crippen LogP contribution in [0.1, 0.15) is 32.1 Å². The summed E-state index contributed by atoms with van der Waals surface area (Å²) >= 11 is 2.13. The van der Waals surface area contributed by atoms with Gasteiger partial charge in [0.1, 0.15) is 0 Å². The average Bonchev–Trinajstić information content (AvgIpc) is 2.41. The van der Waals surface area contributed by atoms with Gasteiger partial charge in [-0.1, -0.05) is 0 Å². The van der Waals surface area contributed by atoms with Crippen LogP contribution >= 0.6 is 11.8 Å². The molecule has 2 fully saturated rings. The minimum Gasteiger partial charge on any atom is -0.378 e. The predicted molar refractivity (Wildman–Crippen MR) is 74.6 cm³/mol. The van der Waals surface area contributed by atoms with E-state index >= 15 is 0 Å². The van der Waals surface area contributed by atoms with Gasteiger partial charge in [0.25, 0.3) is 0 Å². The van der Waals surface area contributed by atoms with Gasteiger partial charge < -0.3 is 10.5 Å². The van der Waals surface area contributed by atoms with Gasteiger partial charge in [-0.05, 0) is 44.4 Å². The Kier molecular flexibility index (Phi) is 6.12. The predicted octanol–water partition coefficient (Wildman–Crippen LogP) is 1.71. The first-order valence-electron chi connectivity index (χ1n) is 7.03. The van der Waals surface area contributed by atoms with E-state index in [0.29, 0.717) is 6.10 Å². The van der Waals surface area contributed by atoms with Gasteiger partial charge >= 0.3 is 0 Å². The first kappa shape index (κ1) is 13.7. The van der Waals surface area contributed by atoms with Crippen molar-refractivity contribution in [2.45, 2.75) is 44.2 Å². The van der Waals surface area contributed by atoms with E-state index in [4.69, 9.17) is 10.5 Å². The van der Waals surface area contributed by atoms with Crippen LogP contribution in [0.3, 0.4) is 0 Å². The first-order chi connectivity index (χ1) is 8.40. The molecule has 0 aliphatic carbocycles. The highest BCUT2D eigenvalue weighted by atomic mass is 32.2. The highest BCUT2D eigenvalue weighted by Gasteiger charge is 2.26. The van der Waals surface area contributed by atoms with Crippen LogP contribution in [0.25, 0.3) is 0 Å². The number of rotatable bonds is 5. The van der Waals surface area contributed by atoms with Crippen LogP contribution in [0, 0.1) is 0 Å². The molecule has 2 heterocycles. The minimum absolute atomic E-state index is 0.494. The van der Waals surface area contributed by atoms with Crippen molar-refractivity contribution in [3.8, 4) is 0 Å². The Bertz CT molecular complexity index is 202. The molecule has 0 saturated carbocycles. The lowest BCUT2D eigenvalue weighted by Gasteiger charge is -2.39. The zero-order valence-corrected chi connectivity index (χ0v) is 11.6. The van der Waals surface area contributed by atoms with Crippen molar-refractivity contribution in [3.63, 3.8) is 0 Å². The summed E-state index contributed by atoms with van der Waals surface area (Å²) in [5.41, 5.74) is 5.47. The van der Waals surface area contributed by atoms with Crippen molar-refractivity contribution in [1.82, 2.24) is 4.90 Å². The Morgan fingerprint density at radius 3 is 2.71 bits per heavy atom. The Labute approximate surface area is 109 Å². The monoisotopic (exact) mass is 258 g/mol. The molecule has 0 aromatic carbocycles. The lowest BCUT2D eigenvalue weighted by Crippen LogP contribution is -2.45. The number of ether oxygens (including phenoxy) is 1. The fraction of sp³-hybridized carbons (Fsp3) is 1.00. The van der Waals surface area contributed by atoms with Gasteiger partial charge in [0.2, 0.25) is 0 Å². The molecule has 0 spiro atoms. The molecule has 0 bridgehead atoms. The largest absolute Gasteiger partial charge is 0.378 e. The van der Waals surface area contributed by atoms with Crippen molar-refractivity contribution in [2.24, 2.45) is 5.73 Å². The molecule has 1 unspecified atom stereocenters. The summed E-state index contributed by atoms with van der Waals surface area (Å²) in [5.74, 6) is 2.72. The lowest BCUT2D eigenvalue weighted by molar-refractivity contribution is -0.00102. The fourth-order valence-corrected chi connectivity index (χ4v) is 3.94. The molecular formula is C13H26N2OS. The first-order valence-corrected chi connectivity index (χ1v) is 8.19. The Hall–Kier alpha value is 0.230. The third-order valence-corrected chi connectivity index (χ3v) is 5.03. The molecule has 0 amide bonds. The van der Waals surface area contributed by atoms with Gasteiger partial charge in [0.05, 0.1) is 6.10 Å². The molecule has 2 rings (SSSR count). The Balaban J connectivity index is 1.63. The van der Waals surface area contributed by atoms with Crippen LogP contribution in [0.2, 0.25) is 0 Å². The number of hydrogen-bond acceptors (Lipinski definition) is 4. The summed E-state index contributed by atoms with van der Waals surface area (Å²) in [6.07, 6.45) is 6.74. The third kappa shape index (κ3) is 4.43. The van der Waals surface area contributed by atoms with E-state index in [0.717, 1.165) is 25.6 Å². The molecule has 0 radical (unpaired) electrons. The highest BCUT2D eigenvalue weighted by Crippen LogP contribution is 2.25. The molecule has 0 aromatic rings. The van der Waals surface area contributed by atoms with Gasteiger partial charge in [-0.25, -0.2) is 0 Å². The SMILES string of the molecule is NCCCOC1CCN(C2CCCSC2)CC1. The third-order valence-electron chi connectivity index (χ3n) is 3.83. The number of nitrogens with two attached hydrogens (primary N) is 1. The van der Waals surface area contributed by atoms with Crippen molar-refractivity contribution in [1.29, 1.82) is 0 Å². The molecule has 17 heavy (non-hydrogen) atoms. The fourth-order valence-electron chi connectivity index (χ4n) is 2.75. The average molecular weight is 258 g/mol. The van der Waals surface area contributed by atoms with E-state index < -0.39 is 0 Å². The van der Waals surface area contributed by atoms with Crippen molar-refractivity contribution < 1.29 is 4.74 Å². The van der Waals surface area contributed by atoms with E-state index in [2.05, 4.69) is 16.7 Å². The number of piperidine rings is 1. The molecule has 2 aliphatic heterocycles. The summed E-state index contributed by atoms with van der Waals surface area (Å²) in [5, 5.41) is 0. The van der Waals surface area contributed by atoms with Gasteiger partial charge in [-0.15, -0.1) is 0 Å². The zero-order chi connectivity index (χ0) is 11.9. The van der Waals surface area contributed by atoms with E-state index in [9.17, 15) is 0 Å². The molecule has 0 aromatic heterocycles. The molecule has 1 atom stereocenters. The van der Waals surface area contributed by atoms with Gasteiger partial charge in [0.15, 0.2) is 0 Å². The van der Waals surface area contributed by atoms with Crippen LogP contribution in [-0.2, 0) is 4.74 Å². The second kappa shape index (κ2) is 7.62. The van der Waals surface area contributed by atoms with Crippen molar-refractivity contribution in [3.05, 3.63) is 0 Å². The summed E-state index contributed by atoms with van der Waals surface area (Å²) in [6.45, 7) is 4.07. The second-order valence-electron chi connectivity index (χ2n) is 5.12. The standard InChI is InChI=1S/C13H26N2OS/c14-6-2-9-16-13-4-7-15(8-5-13)12-3-1-10-17-11-12/h12-13H,1-11,14H2. The minimum atomic E-state index is 0.494. The van der Waals surface area contributed by atoms with E-state index in [1.54, 1.807) is 0 Å². The van der Waals surface area contributed by atoms with Crippen LogP contribution in [-0.4, -0.2) is 54.8 Å². The molecule has 2 saturated heterocycles. The van der Waals surface area contributed by atoms with Crippen LogP contribution < -0.4 is 5.73 Å². The number of nitrogens with zero attached hydrogens (tertiary/aromatic N) is 1. The van der Waals surface area contributed by atoms with Gasteiger partial charge in [-0.3, -0.25) is 4.90 Å². The second-order valence-corrected chi connectivity index (χ2v) is 6.27. The molecule has 3 nitrogen and oxygen atoms in total. The maximum absolute atomic E-state index is 5.85. The number of likely N-dealkylation sites (tertiary alicyclic amines) is 1. The quantitative estimate of drug-likeness (QED) is 0.762. The number of hydrogen-bond donors (Lipinski definition) is 1. The van der Waals surface area contributed by atoms with E-state index in [-0.39, 0.29) is 0 Å². The van der Waals surface area contributed by atoms with Crippen molar-refractivity contribution in [2.75, 3.05) is 37.7 Å². The topological polar surface area (TPSA) is 38.5 Å². The summed E-state index contributed by atoms with van der Waals surface area (Å²) in [7, 11) is 0. The van der Waals surface area contributed by atoms with Gasteiger partial charge in [-0.2, -0.15) is 11.8 Å². The maximum Gasteiger partial charge on any atom is 0.0599 e. The van der Waals surface area contributed by atoms with Crippen molar-refractivity contribution >= 4 is 11.8 Å². The lowest BCUT2D eigenvalue weighted by atomic mass is 10.0. The highest BCUT2D eigenvalue weighted by molar-refractivity contribution is 7.99. The molecule has 2 aliphatic rings. The van der Waals surface area contributed by atoms with Crippen LogP contribution in [0.15, 0.2) is 0 Å². The Morgan fingerprint density at radius 2 is 2.06 bits per heavy atom. The molecular weight excluding hydrogens is 232 g/mol. The smallest absolute Gasteiger partial charge is 0.0599 e. The van der Waals surface area contributed by atoms with E-state index in [1.165, 1.54) is 50.3 Å². The van der Waals surface area contributed by atoms with Gasteiger partial charge in [0, 0.05) is 31.5 Å². The molecule has 4 heteroatoms. The van der Waals surface area contributed by atoms with E-state index in [1.807, 2.05) is 0 Å². The van der Waals surface area contributed by atoms with Crippen LogP contribution in [0.5, 0.6) is 0 Å². The maximum atomic E-state index is 5.85.